The number of aromatic nitrogens is 3. The highest BCUT2D eigenvalue weighted by Crippen LogP contribution is 2.36. The van der Waals surface area contributed by atoms with Crippen molar-refractivity contribution >= 4 is 10.0 Å². The van der Waals surface area contributed by atoms with Gasteiger partial charge in [0.2, 0.25) is 10.0 Å². The number of pyridine rings is 1. The van der Waals surface area contributed by atoms with Gasteiger partial charge in [-0.25, -0.2) is 8.42 Å². The molecule has 0 fully saturated rings. The second kappa shape index (κ2) is 6.64. The highest BCUT2D eigenvalue weighted by Gasteiger charge is 2.36. The van der Waals surface area contributed by atoms with Gasteiger partial charge in [-0.15, -0.1) is 0 Å². The Morgan fingerprint density at radius 3 is 2.88 bits per heavy atom. The molecule has 1 aliphatic carbocycles. The highest BCUT2D eigenvalue weighted by atomic mass is 32.2. The minimum atomic E-state index is -3.61. The van der Waals surface area contributed by atoms with Gasteiger partial charge in [-0.3, -0.25) is 9.67 Å². The van der Waals surface area contributed by atoms with E-state index in [1.54, 1.807) is 23.7 Å². The molecule has 1 aliphatic rings. The lowest BCUT2D eigenvalue weighted by Crippen LogP contribution is -2.39. The Hall–Kier alpha value is -1.73. The smallest absolute Gasteiger partial charge is 0.246 e. The van der Waals surface area contributed by atoms with E-state index in [0.717, 1.165) is 30.5 Å². The topological polar surface area (TPSA) is 68.1 Å². The molecule has 1 atom stereocenters. The highest BCUT2D eigenvalue weighted by molar-refractivity contribution is 7.89. The van der Waals surface area contributed by atoms with Crippen LogP contribution in [0.4, 0.5) is 0 Å². The normalized spacial score (nSPS) is 18.1. The van der Waals surface area contributed by atoms with Crippen molar-refractivity contribution in [1.82, 2.24) is 19.1 Å². The molecule has 0 aliphatic heterocycles. The zero-order valence-electron chi connectivity index (χ0n) is 14.4. The molecule has 24 heavy (non-hydrogen) atoms. The maximum atomic E-state index is 13.2. The van der Waals surface area contributed by atoms with Crippen molar-refractivity contribution in [3.05, 3.63) is 42.0 Å². The van der Waals surface area contributed by atoms with E-state index in [1.807, 2.05) is 19.9 Å². The molecule has 7 heteroatoms. The average Bonchev–Trinajstić information content (AvgIpc) is 2.99. The fraction of sp³-hybridized carbons (Fsp3) is 0.529. The maximum absolute atomic E-state index is 13.2. The van der Waals surface area contributed by atoms with Gasteiger partial charge in [-0.1, -0.05) is 19.9 Å². The summed E-state index contributed by atoms with van der Waals surface area (Å²) in [6.07, 6.45) is 7.47. The lowest BCUT2D eigenvalue weighted by molar-refractivity contribution is 0.263. The molecule has 2 heterocycles. The summed E-state index contributed by atoms with van der Waals surface area (Å²) in [5, 5.41) is 4.03. The van der Waals surface area contributed by atoms with Crippen LogP contribution >= 0.6 is 0 Å². The number of aryl methyl sites for hydroxylation is 2. The van der Waals surface area contributed by atoms with Gasteiger partial charge in [0.25, 0.3) is 0 Å². The van der Waals surface area contributed by atoms with Gasteiger partial charge < -0.3 is 0 Å². The van der Waals surface area contributed by atoms with Gasteiger partial charge in [0.1, 0.15) is 4.90 Å². The predicted molar refractivity (Wildman–Crippen MR) is 91.9 cm³/mol. The Morgan fingerprint density at radius 1 is 1.42 bits per heavy atom. The summed E-state index contributed by atoms with van der Waals surface area (Å²) < 4.78 is 29.6. The second-order valence-corrected chi connectivity index (χ2v) is 8.66. The predicted octanol–water partition coefficient (Wildman–Crippen LogP) is 2.54. The van der Waals surface area contributed by atoms with Crippen molar-refractivity contribution in [2.75, 3.05) is 6.54 Å². The molecule has 0 radical (unpaired) electrons. The summed E-state index contributed by atoms with van der Waals surface area (Å²) in [5.41, 5.74) is 2.06. The molecule has 130 valence electrons. The number of nitrogens with zero attached hydrogens (tertiary/aromatic N) is 4. The lowest BCUT2D eigenvalue weighted by atomic mass is 9.91. The molecule has 3 rings (SSSR count). The maximum Gasteiger partial charge on any atom is 0.246 e. The molecule has 6 nitrogen and oxygen atoms in total. The van der Waals surface area contributed by atoms with Crippen LogP contribution in [-0.2, 0) is 23.5 Å². The Labute approximate surface area is 143 Å². The number of rotatable bonds is 5. The fourth-order valence-corrected chi connectivity index (χ4v) is 5.06. The summed E-state index contributed by atoms with van der Waals surface area (Å²) in [6.45, 7) is 4.54. The van der Waals surface area contributed by atoms with Crippen LogP contribution in [0.25, 0.3) is 0 Å². The van der Waals surface area contributed by atoms with E-state index in [4.69, 9.17) is 0 Å². The largest absolute Gasteiger partial charge is 0.274 e. The standard InChI is InChI=1S/C17H24N4O2S/c1-13(2)11-21(24(22,23)15-10-19-20(3)12-15)16-8-4-6-14-7-5-9-18-17(14)16/h5,7,9-10,12-13,16H,4,6,8,11H2,1-3H3. The van der Waals surface area contributed by atoms with Gasteiger partial charge in [-0.05, 0) is 36.8 Å². The molecule has 0 saturated heterocycles. The monoisotopic (exact) mass is 348 g/mol. The molecule has 0 saturated carbocycles. The van der Waals surface area contributed by atoms with Crippen LogP contribution in [0, 0.1) is 5.92 Å². The third-order valence-electron chi connectivity index (χ3n) is 4.35. The van der Waals surface area contributed by atoms with E-state index < -0.39 is 10.0 Å². The first kappa shape index (κ1) is 17.1. The van der Waals surface area contributed by atoms with Crippen LogP contribution in [0.5, 0.6) is 0 Å². The van der Waals surface area contributed by atoms with E-state index in [2.05, 4.69) is 16.1 Å². The number of hydrogen-bond acceptors (Lipinski definition) is 4. The molecular weight excluding hydrogens is 324 g/mol. The quantitative estimate of drug-likeness (QED) is 0.833. The molecular formula is C17H24N4O2S. The summed E-state index contributed by atoms with van der Waals surface area (Å²) in [4.78, 5) is 4.76. The van der Waals surface area contributed by atoms with Gasteiger partial charge >= 0.3 is 0 Å². The SMILES string of the molecule is CC(C)CN(C1CCCc2cccnc21)S(=O)(=O)c1cnn(C)c1. The van der Waals surface area contributed by atoms with Crippen LogP contribution in [-0.4, -0.2) is 34.0 Å². The minimum Gasteiger partial charge on any atom is -0.274 e. The molecule has 0 aromatic carbocycles. The van der Waals surface area contributed by atoms with E-state index in [1.165, 1.54) is 10.9 Å². The Bertz CT molecular complexity index is 814. The molecule has 0 spiro atoms. The lowest BCUT2D eigenvalue weighted by Gasteiger charge is -2.34. The van der Waals surface area contributed by atoms with Crippen LogP contribution in [0.3, 0.4) is 0 Å². The van der Waals surface area contributed by atoms with Gasteiger partial charge in [-0.2, -0.15) is 9.40 Å². The van der Waals surface area contributed by atoms with Gasteiger partial charge in [0.05, 0.1) is 17.9 Å². The van der Waals surface area contributed by atoms with Gasteiger partial charge in [0, 0.05) is 26.0 Å². The van der Waals surface area contributed by atoms with Crippen molar-refractivity contribution in [2.24, 2.45) is 13.0 Å². The zero-order valence-corrected chi connectivity index (χ0v) is 15.2. The first-order chi connectivity index (χ1) is 11.4. The first-order valence-corrected chi connectivity index (χ1v) is 9.78. The van der Waals surface area contributed by atoms with Crippen LogP contribution < -0.4 is 0 Å². The number of sulfonamides is 1. The van der Waals surface area contributed by atoms with Crippen molar-refractivity contribution in [2.45, 2.75) is 44.0 Å². The van der Waals surface area contributed by atoms with Gasteiger partial charge in [0.15, 0.2) is 0 Å². The van der Waals surface area contributed by atoms with Crippen LogP contribution in [0.1, 0.15) is 44.0 Å². The van der Waals surface area contributed by atoms with E-state index in [-0.39, 0.29) is 16.9 Å². The van der Waals surface area contributed by atoms with Crippen molar-refractivity contribution in [3.63, 3.8) is 0 Å². The number of fused-ring (bicyclic) bond motifs is 1. The molecule has 0 bridgehead atoms. The van der Waals surface area contributed by atoms with Crippen molar-refractivity contribution in [1.29, 1.82) is 0 Å². The molecule has 2 aromatic heterocycles. The Kier molecular flexibility index (Phi) is 4.73. The van der Waals surface area contributed by atoms with E-state index >= 15 is 0 Å². The third kappa shape index (κ3) is 3.23. The van der Waals surface area contributed by atoms with E-state index in [0.29, 0.717) is 6.54 Å². The zero-order chi connectivity index (χ0) is 17.3. The first-order valence-electron chi connectivity index (χ1n) is 8.34. The Morgan fingerprint density at radius 2 is 2.21 bits per heavy atom. The van der Waals surface area contributed by atoms with Crippen molar-refractivity contribution < 1.29 is 8.42 Å². The molecule has 0 N–H and O–H groups in total. The Balaban J connectivity index is 2.05. The average molecular weight is 348 g/mol. The molecule has 1 unspecified atom stereocenters. The fourth-order valence-electron chi connectivity index (χ4n) is 3.29. The third-order valence-corrected chi connectivity index (χ3v) is 6.17. The van der Waals surface area contributed by atoms with E-state index in [9.17, 15) is 8.42 Å². The number of hydrogen-bond donors (Lipinski definition) is 0. The minimum absolute atomic E-state index is 0.206. The van der Waals surface area contributed by atoms with Crippen molar-refractivity contribution in [3.8, 4) is 0 Å². The second-order valence-electron chi connectivity index (χ2n) is 6.77. The molecule has 0 amide bonds. The summed E-state index contributed by atoms with van der Waals surface area (Å²) in [5.74, 6) is 0.227. The summed E-state index contributed by atoms with van der Waals surface area (Å²) in [7, 11) is -1.88. The summed E-state index contributed by atoms with van der Waals surface area (Å²) in [6, 6.07) is 3.77. The molecule has 2 aromatic rings. The van der Waals surface area contributed by atoms with Crippen LogP contribution in [0.15, 0.2) is 35.6 Å². The van der Waals surface area contributed by atoms with Crippen LogP contribution in [0.2, 0.25) is 0 Å². The summed E-state index contributed by atoms with van der Waals surface area (Å²) >= 11 is 0.